The number of hydrogen-bond donors (Lipinski definition) is 2. The molecule has 158 valence electrons. The minimum atomic E-state index is -0.972. The second kappa shape index (κ2) is 17.1. The van der Waals surface area contributed by atoms with Crippen molar-refractivity contribution in [3.05, 3.63) is 35.9 Å². The minimum absolute atomic E-state index is 0.00521. The highest BCUT2D eigenvalue weighted by Crippen LogP contribution is 1.99. The fourth-order valence-electron chi connectivity index (χ4n) is 2.13. The third-order valence-corrected chi connectivity index (χ3v) is 3.58. The van der Waals surface area contributed by atoms with Gasteiger partial charge in [-0.15, -0.1) is 0 Å². The summed E-state index contributed by atoms with van der Waals surface area (Å²) in [5, 5.41) is 11.1. The van der Waals surface area contributed by atoms with E-state index in [4.69, 9.17) is 24.1 Å². The van der Waals surface area contributed by atoms with Gasteiger partial charge in [0.25, 0.3) is 0 Å². The molecule has 0 bridgehead atoms. The Hall–Kier alpha value is -2.00. The third kappa shape index (κ3) is 15.1. The topological polar surface area (TPSA) is 103 Å². The summed E-state index contributed by atoms with van der Waals surface area (Å²) in [7, 11) is 0. The van der Waals surface area contributed by atoms with Gasteiger partial charge in [-0.25, -0.2) is 0 Å². The number of aliphatic carboxylic acids is 1. The summed E-state index contributed by atoms with van der Waals surface area (Å²) in [4.78, 5) is 21.6. The summed E-state index contributed by atoms with van der Waals surface area (Å²) < 4.78 is 21.7. The fraction of sp³-hybridized carbons (Fsp3) is 0.600. The van der Waals surface area contributed by atoms with Crippen LogP contribution in [0.3, 0.4) is 0 Å². The number of benzene rings is 1. The first kappa shape index (κ1) is 24.0. The number of carboxylic acids is 1. The van der Waals surface area contributed by atoms with Crippen LogP contribution in [0.5, 0.6) is 0 Å². The van der Waals surface area contributed by atoms with E-state index in [0.29, 0.717) is 65.8 Å². The van der Waals surface area contributed by atoms with Gasteiger partial charge in [-0.1, -0.05) is 30.3 Å². The van der Waals surface area contributed by atoms with Crippen molar-refractivity contribution in [2.45, 2.75) is 25.9 Å². The molecule has 1 amide bonds. The number of rotatable bonds is 18. The second-order valence-corrected chi connectivity index (χ2v) is 5.97. The Bertz CT molecular complexity index is 525. The zero-order chi connectivity index (χ0) is 20.3. The van der Waals surface area contributed by atoms with E-state index in [9.17, 15) is 9.59 Å². The summed E-state index contributed by atoms with van der Waals surface area (Å²) in [5.74, 6) is -1.23. The Labute approximate surface area is 166 Å². The van der Waals surface area contributed by atoms with Crippen molar-refractivity contribution in [1.82, 2.24) is 5.32 Å². The van der Waals surface area contributed by atoms with Crippen LogP contribution in [0.4, 0.5) is 0 Å². The molecule has 8 heteroatoms. The van der Waals surface area contributed by atoms with E-state index >= 15 is 0 Å². The van der Waals surface area contributed by atoms with Gasteiger partial charge in [-0.2, -0.15) is 0 Å². The summed E-state index contributed by atoms with van der Waals surface area (Å²) in [6.07, 6.45) is 0.528. The highest BCUT2D eigenvalue weighted by Gasteiger charge is 2.04. The van der Waals surface area contributed by atoms with Crippen molar-refractivity contribution in [3.8, 4) is 0 Å². The van der Waals surface area contributed by atoms with Crippen molar-refractivity contribution in [2.24, 2.45) is 0 Å². The smallest absolute Gasteiger partial charge is 0.303 e. The van der Waals surface area contributed by atoms with E-state index in [1.807, 2.05) is 30.3 Å². The molecule has 1 aromatic carbocycles. The number of hydrogen-bond acceptors (Lipinski definition) is 6. The summed E-state index contributed by atoms with van der Waals surface area (Å²) >= 11 is 0. The highest BCUT2D eigenvalue weighted by molar-refractivity contribution is 5.80. The second-order valence-electron chi connectivity index (χ2n) is 5.97. The maximum atomic E-state index is 11.3. The van der Waals surface area contributed by atoms with Gasteiger partial charge < -0.3 is 29.4 Å². The molecular formula is C20H31NO7. The predicted molar refractivity (Wildman–Crippen MR) is 103 cm³/mol. The molecule has 28 heavy (non-hydrogen) atoms. The van der Waals surface area contributed by atoms with Crippen LogP contribution in [0.1, 0.15) is 24.8 Å². The van der Waals surface area contributed by atoms with E-state index in [1.54, 1.807) is 0 Å². The molecule has 8 nitrogen and oxygen atoms in total. The zero-order valence-corrected chi connectivity index (χ0v) is 16.3. The Morgan fingerprint density at radius 3 is 1.96 bits per heavy atom. The van der Waals surface area contributed by atoms with E-state index in [-0.39, 0.29) is 18.7 Å². The lowest BCUT2D eigenvalue weighted by Crippen LogP contribution is -2.25. The highest BCUT2D eigenvalue weighted by atomic mass is 16.6. The van der Waals surface area contributed by atoms with Gasteiger partial charge in [0, 0.05) is 19.6 Å². The van der Waals surface area contributed by atoms with Gasteiger partial charge in [0.15, 0.2) is 0 Å². The van der Waals surface area contributed by atoms with Gasteiger partial charge in [0.1, 0.15) is 0 Å². The normalized spacial score (nSPS) is 10.7. The molecule has 0 saturated heterocycles. The van der Waals surface area contributed by atoms with Gasteiger partial charge in [0.05, 0.1) is 52.7 Å². The number of nitrogens with one attached hydrogen (secondary N) is 1. The summed E-state index contributed by atoms with van der Waals surface area (Å²) in [5.41, 5.74) is 1.14. The van der Waals surface area contributed by atoms with Crippen molar-refractivity contribution in [1.29, 1.82) is 0 Å². The zero-order valence-electron chi connectivity index (χ0n) is 16.3. The fourth-order valence-corrected chi connectivity index (χ4v) is 2.13. The maximum Gasteiger partial charge on any atom is 0.303 e. The number of carbonyl (C=O) groups excluding carboxylic acids is 1. The Morgan fingerprint density at radius 2 is 1.36 bits per heavy atom. The van der Waals surface area contributed by atoms with Gasteiger partial charge in [-0.3, -0.25) is 9.59 Å². The lowest BCUT2D eigenvalue weighted by molar-refractivity contribution is -0.138. The van der Waals surface area contributed by atoms with Crippen molar-refractivity contribution in [2.75, 3.05) is 52.8 Å². The lowest BCUT2D eigenvalue weighted by Gasteiger charge is -2.08. The molecule has 0 fully saturated rings. The maximum absolute atomic E-state index is 11.3. The first-order valence-corrected chi connectivity index (χ1v) is 9.52. The molecule has 0 unspecified atom stereocenters. The monoisotopic (exact) mass is 397 g/mol. The first-order valence-electron chi connectivity index (χ1n) is 9.52. The van der Waals surface area contributed by atoms with E-state index in [0.717, 1.165) is 5.56 Å². The quantitative estimate of drug-likeness (QED) is 0.363. The molecule has 0 spiro atoms. The molecule has 0 aliphatic carbocycles. The van der Waals surface area contributed by atoms with Crippen LogP contribution >= 0.6 is 0 Å². The average Bonchev–Trinajstić information content (AvgIpc) is 2.70. The number of carboxylic acid groups (broad SMARTS) is 1. The number of ether oxygens (including phenoxy) is 4. The van der Waals surface area contributed by atoms with Gasteiger partial charge >= 0.3 is 5.97 Å². The summed E-state index contributed by atoms with van der Waals surface area (Å²) in [6.45, 7) is 4.63. The molecule has 0 aliphatic heterocycles. The van der Waals surface area contributed by atoms with Crippen LogP contribution in [0.25, 0.3) is 0 Å². The van der Waals surface area contributed by atoms with Crippen LogP contribution in [-0.2, 0) is 35.1 Å². The van der Waals surface area contributed by atoms with Crippen LogP contribution in [0, 0.1) is 0 Å². The van der Waals surface area contributed by atoms with Gasteiger partial charge in [0.2, 0.25) is 5.91 Å². The number of carbonyl (C=O) groups is 2. The Balaban J connectivity index is 1.74. The average molecular weight is 397 g/mol. The molecule has 0 atom stereocenters. The third-order valence-electron chi connectivity index (χ3n) is 3.58. The van der Waals surface area contributed by atoms with Crippen molar-refractivity contribution in [3.63, 3.8) is 0 Å². The molecule has 0 aromatic heterocycles. The predicted octanol–water partition coefficient (Wildman–Crippen LogP) is 1.62. The molecule has 0 radical (unpaired) electrons. The van der Waals surface area contributed by atoms with E-state index in [1.165, 1.54) is 0 Å². The molecule has 0 aliphatic rings. The molecule has 1 aromatic rings. The van der Waals surface area contributed by atoms with Crippen LogP contribution < -0.4 is 5.32 Å². The van der Waals surface area contributed by atoms with Crippen LogP contribution in [0.15, 0.2) is 30.3 Å². The Morgan fingerprint density at radius 1 is 0.786 bits per heavy atom. The Kier molecular flexibility index (Phi) is 14.7. The summed E-state index contributed by atoms with van der Waals surface area (Å²) in [6, 6.07) is 9.99. The van der Waals surface area contributed by atoms with Crippen LogP contribution in [-0.4, -0.2) is 69.8 Å². The molecule has 0 saturated carbocycles. The molecule has 2 N–H and O–H groups in total. The number of amides is 1. The van der Waals surface area contributed by atoms with E-state index in [2.05, 4.69) is 5.32 Å². The standard InChI is InChI=1S/C20H31NO7/c22-19(7-8-20(23)24)21-9-4-10-25-11-12-26-13-14-27-15-16-28-17-18-5-2-1-3-6-18/h1-3,5-6H,4,7-17H2,(H,21,22)(H,23,24). The van der Waals surface area contributed by atoms with Crippen LogP contribution in [0.2, 0.25) is 0 Å². The van der Waals surface area contributed by atoms with Crippen molar-refractivity contribution < 1.29 is 33.6 Å². The molecule has 0 heterocycles. The van der Waals surface area contributed by atoms with E-state index < -0.39 is 5.97 Å². The first-order chi connectivity index (χ1) is 13.7. The van der Waals surface area contributed by atoms with Gasteiger partial charge in [-0.05, 0) is 12.0 Å². The SMILES string of the molecule is O=C(O)CCC(=O)NCCCOCCOCCOCCOCc1ccccc1. The minimum Gasteiger partial charge on any atom is -0.481 e. The lowest BCUT2D eigenvalue weighted by atomic mass is 10.2. The molecule has 1 rings (SSSR count). The largest absolute Gasteiger partial charge is 0.481 e. The van der Waals surface area contributed by atoms with Crippen molar-refractivity contribution >= 4 is 11.9 Å². The molecular weight excluding hydrogens is 366 g/mol.